The van der Waals surface area contributed by atoms with E-state index in [4.69, 9.17) is 9.47 Å². The smallest absolute Gasteiger partial charge is 0.234 e. The molecule has 2 fully saturated rings. The minimum Gasteiger partial charge on any atom is -0.486 e. The predicted octanol–water partition coefficient (Wildman–Crippen LogP) is 4.40. The van der Waals surface area contributed by atoms with Gasteiger partial charge in [-0.15, -0.1) is 0 Å². The molecular formula is C28H34N2O4. The molecule has 0 radical (unpaired) electrons. The number of amides is 1. The maximum absolute atomic E-state index is 13.1. The first kappa shape index (κ1) is 22.9. The van der Waals surface area contributed by atoms with Gasteiger partial charge in [0.1, 0.15) is 13.2 Å². The van der Waals surface area contributed by atoms with Crippen LogP contribution < -0.4 is 14.8 Å². The number of ketones is 1. The number of nitrogens with zero attached hydrogens (tertiary/aromatic N) is 1. The third kappa shape index (κ3) is 5.27. The molecule has 6 nitrogen and oxygen atoms in total. The maximum Gasteiger partial charge on any atom is 0.234 e. The number of carbonyl (C=O) groups is 2. The zero-order valence-electron chi connectivity index (χ0n) is 19.7. The lowest BCUT2D eigenvalue weighted by Crippen LogP contribution is -2.44. The van der Waals surface area contributed by atoms with Crippen LogP contribution in [-0.2, 0) is 4.79 Å². The molecule has 5 rings (SSSR count). The van der Waals surface area contributed by atoms with Gasteiger partial charge in [-0.05, 0) is 68.5 Å². The zero-order chi connectivity index (χ0) is 23.3. The Labute approximate surface area is 201 Å². The van der Waals surface area contributed by atoms with Crippen molar-refractivity contribution >= 4 is 11.7 Å². The molecule has 1 aliphatic carbocycles. The van der Waals surface area contributed by atoms with Crippen molar-refractivity contribution in [2.75, 3.05) is 32.8 Å². The highest BCUT2D eigenvalue weighted by atomic mass is 16.6. The van der Waals surface area contributed by atoms with Crippen LogP contribution in [-0.4, -0.2) is 49.4 Å². The zero-order valence-corrected chi connectivity index (χ0v) is 19.7. The van der Waals surface area contributed by atoms with Crippen LogP contribution in [0.2, 0.25) is 0 Å². The highest BCUT2D eigenvalue weighted by Crippen LogP contribution is 2.36. The van der Waals surface area contributed by atoms with Crippen LogP contribution in [0.5, 0.6) is 11.5 Å². The molecule has 1 saturated carbocycles. The topological polar surface area (TPSA) is 67.9 Å². The molecule has 180 valence electrons. The summed E-state index contributed by atoms with van der Waals surface area (Å²) in [5.41, 5.74) is 1.88. The van der Waals surface area contributed by atoms with E-state index in [9.17, 15) is 9.59 Å². The molecule has 0 bridgehead atoms. The van der Waals surface area contributed by atoms with Crippen molar-refractivity contribution in [3.05, 3.63) is 59.7 Å². The summed E-state index contributed by atoms with van der Waals surface area (Å²) in [4.78, 5) is 28.2. The van der Waals surface area contributed by atoms with Crippen molar-refractivity contribution in [3.63, 3.8) is 0 Å². The SMILES string of the molecule is O=C(CN1CCC(C(=O)c2ccc3c(c2)OCCO3)CC1)NC(c1ccccc1)C1CCCC1. The minimum atomic E-state index is -0.0163. The van der Waals surface area contributed by atoms with Gasteiger partial charge in [-0.25, -0.2) is 0 Å². The van der Waals surface area contributed by atoms with E-state index in [0.717, 1.165) is 25.9 Å². The molecular weight excluding hydrogens is 428 g/mol. The normalized spacial score (nSPS) is 20.1. The number of hydrogen-bond donors (Lipinski definition) is 1. The second-order valence-corrected chi connectivity index (χ2v) is 9.77. The van der Waals surface area contributed by atoms with Crippen LogP contribution >= 0.6 is 0 Å². The van der Waals surface area contributed by atoms with Gasteiger partial charge < -0.3 is 14.8 Å². The van der Waals surface area contributed by atoms with Gasteiger partial charge in [0.15, 0.2) is 17.3 Å². The Hall–Kier alpha value is -2.86. The van der Waals surface area contributed by atoms with Gasteiger partial charge in [0.2, 0.25) is 5.91 Å². The van der Waals surface area contributed by atoms with Crippen LogP contribution in [0.1, 0.15) is 60.5 Å². The summed E-state index contributed by atoms with van der Waals surface area (Å²) in [7, 11) is 0. The summed E-state index contributed by atoms with van der Waals surface area (Å²) in [6.07, 6.45) is 6.38. The van der Waals surface area contributed by atoms with Crippen LogP contribution in [0.25, 0.3) is 0 Å². The fourth-order valence-corrected chi connectivity index (χ4v) is 5.63. The summed E-state index contributed by atoms with van der Waals surface area (Å²) in [5, 5.41) is 3.34. The maximum atomic E-state index is 13.1. The molecule has 1 unspecified atom stereocenters. The number of rotatable bonds is 7. The lowest BCUT2D eigenvalue weighted by molar-refractivity contribution is -0.123. The van der Waals surface area contributed by atoms with Crippen LogP contribution in [0, 0.1) is 11.8 Å². The van der Waals surface area contributed by atoms with Crippen molar-refractivity contribution in [1.82, 2.24) is 10.2 Å². The average molecular weight is 463 g/mol. The lowest BCUT2D eigenvalue weighted by atomic mass is 9.88. The van der Waals surface area contributed by atoms with E-state index >= 15 is 0 Å². The van der Waals surface area contributed by atoms with E-state index in [0.29, 0.717) is 42.7 Å². The van der Waals surface area contributed by atoms with Crippen molar-refractivity contribution < 1.29 is 19.1 Å². The number of fused-ring (bicyclic) bond motifs is 1. The first-order chi connectivity index (χ1) is 16.7. The predicted molar refractivity (Wildman–Crippen MR) is 130 cm³/mol. The van der Waals surface area contributed by atoms with E-state index < -0.39 is 0 Å². The monoisotopic (exact) mass is 462 g/mol. The molecule has 1 amide bonds. The lowest BCUT2D eigenvalue weighted by Gasteiger charge is -2.32. The number of Topliss-reactive ketones (excluding diaryl/α,β-unsaturated/α-hetero) is 1. The first-order valence-corrected chi connectivity index (χ1v) is 12.7. The van der Waals surface area contributed by atoms with E-state index in [1.54, 1.807) is 0 Å². The summed E-state index contributed by atoms with van der Waals surface area (Å²) >= 11 is 0. The summed E-state index contributed by atoms with van der Waals surface area (Å²) in [6.45, 7) is 2.96. The summed E-state index contributed by atoms with van der Waals surface area (Å²) < 4.78 is 11.2. The number of likely N-dealkylation sites (tertiary alicyclic amines) is 1. The molecule has 2 aliphatic heterocycles. The third-order valence-electron chi connectivity index (χ3n) is 7.50. The van der Waals surface area contributed by atoms with E-state index in [1.807, 2.05) is 36.4 Å². The minimum absolute atomic E-state index is 0.0163. The number of ether oxygens (including phenoxy) is 2. The molecule has 1 atom stereocenters. The molecule has 3 aliphatic rings. The highest BCUT2D eigenvalue weighted by Gasteiger charge is 2.30. The van der Waals surface area contributed by atoms with Crippen LogP contribution in [0.15, 0.2) is 48.5 Å². The average Bonchev–Trinajstić information content (AvgIpc) is 3.42. The van der Waals surface area contributed by atoms with E-state index in [-0.39, 0.29) is 23.7 Å². The van der Waals surface area contributed by atoms with Gasteiger partial charge in [0, 0.05) is 11.5 Å². The Morgan fingerprint density at radius 2 is 1.62 bits per heavy atom. The van der Waals surface area contributed by atoms with Gasteiger partial charge in [-0.1, -0.05) is 43.2 Å². The van der Waals surface area contributed by atoms with Crippen molar-refractivity contribution in [3.8, 4) is 11.5 Å². The van der Waals surface area contributed by atoms with Crippen molar-refractivity contribution in [2.45, 2.75) is 44.6 Å². The van der Waals surface area contributed by atoms with Crippen LogP contribution in [0.4, 0.5) is 0 Å². The van der Waals surface area contributed by atoms with Gasteiger partial charge in [-0.2, -0.15) is 0 Å². The third-order valence-corrected chi connectivity index (χ3v) is 7.50. The molecule has 0 spiro atoms. The number of carbonyl (C=O) groups excluding carboxylic acids is 2. The molecule has 2 aromatic carbocycles. The molecule has 0 aromatic heterocycles. The number of hydrogen-bond acceptors (Lipinski definition) is 5. The number of piperidine rings is 1. The fraction of sp³-hybridized carbons (Fsp3) is 0.500. The van der Waals surface area contributed by atoms with Gasteiger partial charge in [-0.3, -0.25) is 14.5 Å². The largest absolute Gasteiger partial charge is 0.486 e. The highest BCUT2D eigenvalue weighted by molar-refractivity contribution is 5.98. The second-order valence-electron chi connectivity index (χ2n) is 9.77. The standard InChI is InChI=1S/C28H34N2O4/c31-26(29-27(21-8-4-5-9-21)20-6-2-1-3-7-20)19-30-14-12-22(13-15-30)28(32)23-10-11-24-25(18-23)34-17-16-33-24/h1-3,6-7,10-11,18,21-22,27H,4-5,8-9,12-17,19H2,(H,29,31). The number of benzene rings is 2. The quantitative estimate of drug-likeness (QED) is 0.618. The van der Waals surface area contributed by atoms with Crippen molar-refractivity contribution in [2.24, 2.45) is 11.8 Å². The molecule has 34 heavy (non-hydrogen) atoms. The van der Waals surface area contributed by atoms with Gasteiger partial charge in [0.05, 0.1) is 12.6 Å². The second kappa shape index (κ2) is 10.6. The Morgan fingerprint density at radius 1 is 0.912 bits per heavy atom. The number of nitrogens with one attached hydrogen (secondary N) is 1. The Kier molecular flexibility index (Phi) is 7.14. The molecule has 2 aromatic rings. The summed E-state index contributed by atoms with van der Waals surface area (Å²) in [6, 6.07) is 15.9. The van der Waals surface area contributed by atoms with Gasteiger partial charge >= 0.3 is 0 Å². The molecule has 1 N–H and O–H groups in total. The fourth-order valence-electron chi connectivity index (χ4n) is 5.63. The van der Waals surface area contributed by atoms with E-state index in [1.165, 1.54) is 31.2 Å². The van der Waals surface area contributed by atoms with Crippen LogP contribution in [0.3, 0.4) is 0 Å². The molecule has 6 heteroatoms. The first-order valence-electron chi connectivity index (χ1n) is 12.7. The van der Waals surface area contributed by atoms with Crippen molar-refractivity contribution in [1.29, 1.82) is 0 Å². The Morgan fingerprint density at radius 3 is 2.35 bits per heavy atom. The summed E-state index contributed by atoms with van der Waals surface area (Å²) in [5.74, 6) is 2.10. The Balaban J connectivity index is 1.14. The van der Waals surface area contributed by atoms with Gasteiger partial charge in [0.25, 0.3) is 0 Å². The molecule has 2 heterocycles. The Bertz CT molecular complexity index is 995. The van der Waals surface area contributed by atoms with E-state index in [2.05, 4.69) is 22.3 Å². The molecule has 1 saturated heterocycles.